The minimum absolute atomic E-state index is 0.0553. The molecule has 0 fully saturated rings. The summed E-state index contributed by atoms with van der Waals surface area (Å²) >= 11 is 1.22. The zero-order valence-electron chi connectivity index (χ0n) is 13.2. The first-order valence-corrected chi connectivity index (χ1v) is 8.13. The van der Waals surface area contributed by atoms with Gasteiger partial charge in [-0.25, -0.2) is 4.98 Å². The SMILES string of the molecule is CCSc1cc(C(F)(F)F)ccc1-c1cnc(C=CC(F)(F)F)n1C. The fraction of sp³-hybridized carbons (Fsp3) is 0.312. The standard InChI is InChI=1S/C16H14F6N2S/c1-3-25-13-8-10(16(20,21)22)4-5-11(13)12-9-23-14(24(12)2)6-7-15(17,18)19/h4-9H,3H2,1-2H3. The zero-order chi connectivity index (χ0) is 18.8. The van der Waals surface area contributed by atoms with Crippen LogP contribution in [-0.2, 0) is 13.2 Å². The lowest BCUT2D eigenvalue weighted by molar-refractivity contribution is -0.137. The molecular weight excluding hydrogens is 366 g/mol. The van der Waals surface area contributed by atoms with Gasteiger partial charge in [0.15, 0.2) is 0 Å². The molecule has 0 atom stereocenters. The summed E-state index contributed by atoms with van der Waals surface area (Å²) in [5, 5.41) is 0. The summed E-state index contributed by atoms with van der Waals surface area (Å²) in [4.78, 5) is 4.31. The van der Waals surface area contributed by atoms with E-state index in [0.29, 0.717) is 21.9 Å². The number of aromatic nitrogens is 2. The van der Waals surface area contributed by atoms with Gasteiger partial charge in [-0.1, -0.05) is 13.0 Å². The van der Waals surface area contributed by atoms with Crippen molar-refractivity contribution < 1.29 is 26.3 Å². The molecule has 0 aliphatic carbocycles. The summed E-state index contributed by atoms with van der Waals surface area (Å²) in [5.41, 5.74) is 0.152. The Labute approximate surface area is 144 Å². The Morgan fingerprint density at radius 1 is 1.16 bits per heavy atom. The van der Waals surface area contributed by atoms with Crippen LogP contribution in [0, 0.1) is 0 Å². The molecular formula is C16H14F6N2S. The van der Waals surface area contributed by atoms with Crippen LogP contribution in [0.1, 0.15) is 18.3 Å². The lowest BCUT2D eigenvalue weighted by atomic mass is 10.1. The Balaban J connectivity index is 2.48. The summed E-state index contributed by atoms with van der Waals surface area (Å²) in [6.45, 7) is 1.80. The van der Waals surface area contributed by atoms with Gasteiger partial charge in [-0.2, -0.15) is 26.3 Å². The molecule has 136 valence electrons. The van der Waals surface area contributed by atoms with Crippen molar-refractivity contribution in [1.29, 1.82) is 0 Å². The smallest absolute Gasteiger partial charge is 0.328 e. The van der Waals surface area contributed by atoms with Crippen LogP contribution in [0.5, 0.6) is 0 Å². The lowest BCUT2D eigenvalue weighted by Gasteiger charge is -2.13. The van der Waals surface area contributed by atoms with Crippen LogP contribution in [0.15, 0.2) is 35.4 Å². The highest BCUT2D eigenvalue weighted by Gasteiger charge is 2.31. The van der Waals surface area contributed by atoms with Crippen molar-refractivity contribution in [1.82, 2.24) is 9.55 Å². The molecule has 2 rings (SSSR count). The van der Waals surface area contributed by atoms with E-state index >= 15 is 0 Å². The van der Waals surface area contributed by atoms with Crippen LogP contribution < -0.4 is 0 Å². The Kier molecular flexibility index (Phi) is 5.55. The molecule has 0 amide bonds. The first-order chi connectivity index (χ1) is 11.5. The third-order valence-electron chi connectivity index (χ3n) is 3.33. The van der Waals surface area contributed by atoms with Gasteiger partial charge in [0.25, 0.3) is 0 Å². The van der Waals surface area contributed by atoms with E-state index in [9.17, 15) is 26.3 Å². The average Bonchev–Trinajstić information content (AvgIpc) is 2.85. The van der Waals surface area contributed by atoms with E-state index in [1.54, 1.807) is 6.92 Å². The van der Waals surface area contributed by atoms with Crippen LogP contribution in [0.3, 0.4) is 0 Å². The van der Waals surface area contributed by atoms with Gasteiger partial charge < -0.3 is 4.57 Å². The fourth-order valence-corrected chi connectivity index (χ4v) is 3.03. The first-order valence-electron chi connectivity index (χ1n) is 7.15. The van der Waals surface area contributed by atoms with Crippen molar-refractivity contribution in [2.75, 3.05) is 5.75 Å². The van der Waals surface area contributed by atoms with Crippen LogP contribution in [0.4, 0.5) is 26.3 Å². The largest absolute Gasteiger partial charge is 0.416 e. The number of allylic oxidation sites excluding steroid dienone is 1. The van der Waals surface area contributed by atoms with Gasteiger partial charge in [0.05, 0.1) is 17.5 Å². The van der Waals surface area contributed by atoms with Gasteiger partial charge in [-0.05, 0) is 24.0 Å². The van der Waals surface area contributed by atoms with Gasteiger partial charge in [0.1, 0.15) is 5.82 Å². The second-order valence-electron chi connectivity index (χ2n) is 5.08. The number of benzene rings is 1. The maximum Gasteiger partial charge on any atom is 0.416 e. The molecule has 0 radical (unpaired) electrons. The maximum absolute atomic E-state index is 12.9. The number of thioether (sulfide) groups is 1. The number of rotatable bonds is 4. The Bertz CT molecular complexity index is 774. The van der Waals surface area contributed by atoms with E-state index in [2.05, 4.69) is 4.98 Å². The molecule has 0 N–H and O–H groups in total. The topological polar surface area (TPSA) is 17.8 Å². The summed E-state index contributed by atoms with van der Waals surface area (Å²) in [5.74, 6) is 0.604. The average molecular weight is 380 g/mol. The summed E-state index contributed by atoms with van der Waals surface area (Å²) in [7, 11) is 1.51. The summed E-state index contributed by atoms with van der Waals surface area (Å²) in [6.07, 6.45) is -6.70. The maximum atomic E-state index is 12.9. The quantitative estimate of drug-likeness (QED) is 0.493. The second kappa shape index (κ2) is 7.15. The van der Waals surface area contributed by atoms with E-state index in [4.69, 9.17) is 0 Å². The molecule has 0 aliphatic rings. The number of hydrogen-bond donors (Lipinski definition) is 0. The van der Waals surface area contributed by atoms with Crippen LogP contribution in [0.2, 0.25) is 0 Å². The van der Waals surface area contributed by atoms with Gasteiger partial charge in [0, 0.05) is 23.6 Å². The van der Waals surface area contributed by atoms with E-state index in [1.165, 1.54) is 35.6 Å². The molecule has 9 heteroatoms. The van der Waals surface area contributed by atoms with Crippen molar-refractivity contribution in [2.24, 2.45) is 7.05 Å². The number of nitrogens with zero attached hydrogens (tertiary/aromatic N) is 2. The molecule has 0 unspecified atom stereocenters. The predicted octanol–water partition coefficient (Wildman–Crippen LogP) is 5.79. The Morgan fingerprint density at radius 3 is 2.40 bits per heavy atom. The van der Waals surface area contributed by atoms with E-state index in [-0.39, 0.29) is 11.9 Å². The third-order valence-corrected chi connectivity index (χ3v) is 4.27. The molecule has 0 saturated heterocycles. The molecule has 2 nitrogen and oxygen atoms in total. The molecule has 2 aromatic rings. The second-order valence-corrected chi connectivity index (χ2v) is 6.38. The monoisotopic (exact) mass is 380 g/mol. The molecule has 0 aliphatic heterocycles. The number of alkyl halides is 6. The molecule has 1 aromatic heterocycles. The van der Waals surface area contributed by atoms with Crippen LogP contribution in [0.25, 0.3) is 17.3 Å². The Morgan fingerprint density at radius 2 is 1.84 bits per heavy atom. The molecule has 1 heterocycles. The highest BCUT2D eigenvalue weighted by Crippen LogP contribution is 2.37. The Hall–Kier alpha value is -1.90. The van der Waals surface area contributed by atoms with Gasteiger partial charge in [-0.15, -0.1) is 11.8 Å². The van der Waals surface area contributed by atoms with E-state index in [0.717, 1.165) is 18.2 Å². The zero-order valence-corrected chi connectivity index (χ0v) is 14.1. The molecule has 0 saturated carbocycles. The highest BCUT2D eigenvalue weighted by molar-refractivity contribution is 7.99. The third kappa shape index (κ3) is 4.81. The lowest BCUT2D eigenvalue weighted by Crippen LogP contribution is -2.05. The van der Waals surface area contributed by atoms with Crippen molar-refractivity contribution in [3.63, 3.8) is 0 Å². The van der Waals surface area contributed by atoms with Gasteiger partial charge in [0.2, 0.25) is 0 Å². The van der Waals surface area contributed by atoms with Crippen molar-refractivity contribution in [3.05, 3.63) is 41.9 Å². The first kappa shape index (κ1) is 19.4. The minimum Gasteiger partial charge on any atom is -0.328 e. The normalized spacial score (nSPS) is 13.0. The van der Waals surface area contributed by atoms with Crippen LogP contribution >= 0.6 is 11.8 Å². The van der Waals surface area contributed by atoms with E-state index in [1.807, 2.05) is 0 Å². The molecule has 0 bridgehead atoms. The van der Waals surface area contributed by atoms with Gasteiger partial charge in [-0.3, -0.25) is 0 Å². The highest BCUT2D eigenvalue weighted by atomic mass is 32.2. The fourth-order valence-electron chi connectivity index (χ4n) is 2.18. The predicted molar refractivity (Wildman–Crippen MR) is 85.1 cm³/mol. The van der Waals surface area contributed by atoms with Crippen LogP contribution in [-0.4, -0.2) is 21.5 Å². The minimum atomic E-state index is -4.47. The molecule has 1 aromatic carbocycles. The van der Waals surface area contributed by atoms with Gasteiger partial charge >= 0.3 is 12.4 Å². The van der Waals surface area contributed by atoms with E-state index < -0.39 is 17.9 Å². The van der Waals surface area contributed by atoms with Crippen molar-refractivity contribution >= 4 is 17.8 Å². The summed E-state index contributed by atoms with van der Waals surface area (Å²) in [6, 6.07) is 3.31. The number of halogens is 6. The molecule has 25 heavy (non-hydrogen) atoms. The number of imidazole rings is 1. The van der Waals surface area contributed by atoms with Crippen molar-refractivity contribution in [2.45, 2.75) is 24.2 Å². The number of hydrogen-bond acceptors (Lipinski definition) is 2. The molecule has 0 spiro atoms. The summed E-state index contributed by atoms with van der Waals surface area (Å²) < 4.78 is 77.0. The van der Waals surface area contributed by atoms with Crippen molar-refractivity contribution in [3.8, 4) is 11.3 Å².